The van der Waals surface area contributed by atoms with Crippen LogP contribution in [0.4, 0.5) is 39.8 Å². The zero-order valence-electron chi connectivity index (χ0n) is 26.9. The quantitative estimate of drug-likeness (QED) is 0.109. The number of para-hydroxylation sites is 3. The average Bonchev–Trinajstić information content (AvgIpc) is 3.12. The molecule has 0 N–H and O–H groups in total. The summed E-state index contributed by atoms with van der Waals surface area (Å²) in [4.78, 5) is 7.18. The molecule has 0 bridgehead atoms. The third-order valence-electron chi connectivity index (χ3n) is 9.13. The minimum atomic E-state index is 0.00173. The number of fused-ring (bicyclic) bond motifs is 4. The standard InChI is InChI=1S/C43H34BN3/c1-4-5-16-32(3)45(33-17-9-6-10-18-33)36-26-28-38-42(30-36)47(35-21-13-8-14-22-35)40-24-15-23-39-43(40)44(38)37-27-25-31(2)29-41(37)46(39)34-19-11-7-12-20-34/h4-24,26,28-30H,1-3H3/b5-4-,32-16+. The van der Waals surface area contributed by atoms with E-state index in [-0.39, 0.29) is 6.71 Å². The van der Waals surface area contributed by atoms with E-state index >= 15 is 0 Å². The van der Waals surface area contributed by atoms with Crippen LogP contribution in [-0.2, 0) is 0 Å². The Morgan fingerprint density at radius 3 is 2.00 bits per heavy atom. The van der Waals surface area contributed by atoms with Crippen LogP contribution in [0.5, 0.6) is 0 Å². The second-order valence-electron chi connectivity index (χ2n) is 12.1. The fourth-order valence-electron chi connectivity index (χ4n) is 7.16. The first-order valence-corrected chi connectivity index (χ1v) is 16.2. The number of hydrogen-bond acceptors (Lipinski definition) is 3. The molecule has 3 aliphatic rings. The first kappa shape index (κ1) is 28.6. The molecular formula is C43H34BN3. The van der Waals surface area contributed by atoms with Crippen LogP contribution in [0.2, 0.25) is 0 Å². The molecule has 0 fully saturated rings. The molecular weight excluding hydrogens is 569 g/mol. The molecule has 3 nitrogen and oxygen atoms in total. The molecule has 0 spiro atoms. The zero-order chi connectivity index (χ0) is 31.9. The Bertz CT molecular complexity index is 2200. The van der Waals surface area contributed by atoms with E-state index in [4.69, 9.17) is 0 Å². The Kier molecular flexibility index (Phi) is 7.16. The van der Waals surface area contributed by atoms with Gasteiger partial charge in [0.1, 0.15) is 0 Å². The molecule has 1 aliphatic carbocycles. The van der Waals surface area contributed by atoms with E-state index in [2.05, 4.69) is 199 Å². The monoisotopic (exact) mass is 603 g/mol. The zero-order valence-corrected chi connectivity index (χ0v) is 26.9. The largest absolute Gasteiger partial charge is 0.314 e. The number of anilines is 7. The number of nitrogens with zero attached hydrogens (tertiary/aromatic N) is 3. The second-order valence-corrected chi connectivity index (χ2v) is 12.1. The molecule has 0 atom stereocenters. The highest BCUT2D eigenvalue weighted by molar-refractivity contribution is 6.96. The van der Waals surface area contributed by atoms with Crippen LogP contribution in [0.25, 0.3) is 0 Å². The lowest BCUT2D eigenvalue weighted by atomic mass is 9.32. The van der Waals surface area contributed by atoms with Crippen LogP contribution in [0.15, 0.2) is 186 Å². The SMILES string of the molecule is C/C=C\C=C(/C)N(c1ccccc1)c1ccc2c(c1)N(c1ccccc1)c1cccc3c1B2C1=C=C=C(C)C=C1N3c1ccccc1. The van der Waals surface area contributed by atoms with Gasteiger partial charge >= 0.3 is 0 Å². The molecule has 2 aliphatic heterocycles. The van der Waals surface area contributed by atoms with Crippen molar-refractivity contribution in [2.24, 2.45) is 0 Å². The van der Waals surface area contributed by atoms with Crippen molar-refractivity contribution >= 4 is 57.5 Å². The van der Waals surface area contributed by atoms with Gasteiger partial charge in [-0.3, -0.25) is 0 Å². The molecule has 5 aromatic carbocycles. The Morgan fingerprint density at radius 1 is 0.681 bits per heavy atom. The molecule has 5 aromatic rings. The van der Waals surface area contributed by atoms with E-state index in [1.54, 1.807) is 0 Å². The fraction of sp³-hybridized carbons (Fsp3) is 0.0698. The molecule has 47 heavy (non-hydrogen) atoms. The van der Waals surface area contributed by atoms with Gasteiger partial charge in [-0.25, -0.2) is 0 Å². The molecule has 4 heteroatoms. The maximum atomic E-state index is 3.65. The van der Waals surface area contributed by atoms with Gasteiger partial charge in [0.05, 0.1) is 5.70 Å². The first-order chi connectivity index (χ1) is 23.1. The van der Waals surface area contributed by atoms with E-state index in [1.807, 2.05) is 0 Å². The molecule has 224 valence electrons. The van der Waals surface area contributed by atoms with Gasteiger partial charge in [-0.15, -0.1) is 0 Å². The molecule has 0 radical (unpaired) electrons. The lowest BCUT2D eigenvalue weighted by molar-refractivity contribution is 1.15. The fourth-order valence-corrected chi connectivity index (χ4v) is 7.16. The summed E-state index contributed by atoms with van der Waals surface area (Å²) in [5.41, 5.74) is 22.2. The van der Waals surface area contributed by atoms with E-state index in [0.717, 1.165) is 50.9 Å². The van der Waals surface area contributed by atoms with E-state index in [0.29, 0.717) is 0 Å². The van der Waals surface area contributed by atoms with Gasteiger partial charge < -0.3 is 14.7 Å². The topological polar surface area (TPSA) is 9.72 Å². The predicted molar refractivity (Wildman–Crippen MR) is 200 cm³/mol. The summed E-state index contributed by atoms with van der Waals surface area (Å²) >= 11 is 0. The summed E-state index contributed by atoms with van der Waals surface area (Å²) in [7, 11) is 0. The number of rotatable bonds is 6. The minimum absolute atomic E-state index is 0.00173. The van der Waals surface area contributed by atoms with Gasteiger partial charge in [0, 0.05) is 56.6 Å². The van der Waals surface area contributed by atoms with E-state index in [1.165, 1.54) is 22.3 Å². The van der Waals surface area contributed by atoms with Gasteiger partial charge in [-0.2, -0.15) is 0 Å². The Labute approximate surface area is 277 Å². The molecule has 0 unspecified atom stereocenters. The summed E-state index contributed by atoms with van der Waals surface area (Å²) in [6.07, 6.45) is 8.60. The Hall–Kier alpha value is -5.92. The Balaban J connectivity index is 1.42. The summed E-state index contributed by atoms with van der Waals surface area (Å²) in [5.74, 6) is 0. The number of hydrogen-bond donors (Lipinski definition) is 0. The van der Waals surface area contributed by atoms with Crippen LogP contribution in [0, 0.1) is 0 Å². The average molecular weight is 604 g/mol. The highest BCUT2D eigenvalue weighted by Gasteiger charge is 2.45. The van der Waals surface area contributed by atoms with Gasteiger partial charge in [0.15, 0.2) is 0 Å². The van der Waals surface area contributed by atoms with Crippen molar-refractivity contribution in [1.82, 2.24) is 0 Å². The van der Waals surface area contributed by atoms with Gasteiger partial charge in [0.2, 0.25) is 0 Å². The van der Waals surface area contributed by atoms with Crippen LogP contribution >= 0.6 is 0 Å². The minimum Gasteiger partial charge on any atom is -0.314 e. The van der Waals surface area contributed by atoms with Crippen LogP contribution in [-0.4, -0.2) is 6.71 Å². The molecule has 0 saturated heterocycles. The number of allylic oxidation sites excluding steroid dienone is 7. The molecule has 0 amide bonds. The van der Waals surface area contributed by atoms with Crippen molar-refractivity contribution in [2.75, 3.05) is 14.7 Å². The summed E-state index contributed by atoms with van der Waals surface area (Å²) in [6, 6.07) is 45.7. The van der Waals surface area contributed by atoms with Crippen LogP contribution < -0.4 is 25.6 Å². The highest BCUT2D eigenvalue weighted by atomic mass is 15.2. The predicted octanol–water partition coefficient (Wildman–Crippen LogP) is 9.91. The molecule has 0 aromatic heterocycles. The van der Waals surface area contributed by atoms with Crippen molar-refractivity contribution in [2.45, 2.75) is 20.8 Å². The highest BCUT2D eigenvalue weighted by Crippen LogP contribution is 2.46. The van der Waals surface area contributed by atoms with Crippen molar-refractivity contribution in [3.8, 4) is 0 Å². The lowest BCUT2D eigenvalue weighted by Crippen LogP contribution is -2.56. The van der Waals surface area contributed by atoms with Crippen LogP contribution in [0.3, 0.4) is 0 Å². The first-order valence-electron chi connectivity index (χ1n) is 16.2. The third-order valence-corrected chi connectivity index (χ3v) is 9.13. The summed E-state index contributed by atoms with van der Waals surface area (Å²) in [5, 5.41) is 0. The third kappa shape index (κ3) is 4.80. The maximum absolute atomic E-state index is 3.65. The lowest BCUT2D eigenvalue weighted by Gasteiger charge is -2.45. The molecule has 2 heterocycles. The van der Waals surface area contributed by atoms with Crippen molar-refractivity contribution < 1.29 is 0 Å². The van der Waals surface area contributed by atoms with Crippen molar-refractivity contribution in [3.63, 3.8) is 0 Å². The molecule has 0 saturated carbocycles. The van der Waals surface area contributed by atoms with E-state index in [9.17, 15) is 0 Å². The van der Waals surface area contributed by atoms with E-state index < -0.39 is 0 Å². The van der Waals surface area contributed by atoms with Gasteiger partial charge in [-0.05, 0) is 105 Å². The van der Waals surface area contributed by atoms with Gasteiger partial charge in [0.25, 0.3) is 6.71 Å². The molecule has 8 rings (SSSR count). The Morgan fingerprint density at radius 2 is 1.32 bits per heavy atom. The van der Waals surface area contributed by atoms with Gasteiger partial charge in [-0.1, -0.05) is 90.3 Å². The van der Waals surface area contributed by atoms with Crippen molar-refractivity contribution in [3.05, 3.63) is 186 Å². The normalized spacial score (nSPS) is 14.7. The summed E-state index contributed by atoms with van der Waals surface area (Å²) in [6.45, 7) is 6.33. The summed E-state index contributed by atoms with van der Waals surface area (Å²) < 4.78 is 0. The number of benzene rings is 5. The smallest absolute Gasteiger partial charge is 0.262 e. The second kappa shape index (κ2) is 11.8. The maximum Gasteiger partial charge on any atom is 0.262 e. The van der Waals surface area contributed by atoms with Crippen LogP contribution in [0.1, 0.15) is 20.8 Å². The van der Waals surface area contributed by atoms with Crippen molar-refractivity contribution in [1.29, 1.82) is 0 Å².